The molecule has 1 atom stereocenters. The summed E-state index contributed by atoms with van der Waals surface area (Å²) in [4.78, 5) is 18.4. The molecule has 0 unspecified atom stereocenters. The summed E-state index contributed by atoms with van der Waals surface area (Å²) in [5.74, 6) is 1.23. The lowest BCUT2D eigenvalue weighted by atomic mass is 9.95. The minimum Gasteiger partial charge on any atom is -0.355 e. The summed E-state index contributed by atoms with van der Waals surface area (Å²) in [5, 5.41) is 12.0. The van der Waals surface area contributed by atoms with Crippen molar-refractivity contribution in [3.8, 4) is 10.6 Å². The van der Waals surface area contributed by atoms with Gasteiger partial charge in [-0.3, -0.25) is 9.69 Å². The summed E-state index contributed by atoms with van der Waals surface area (Å²) in [6.45, 7) is 6.92. The Hall–Kier alpha value is -1.51. The Morgan fingerprint density at radius 2 is 2.00 bits per heavy atom. The highest BCUT2D eigenvalue weighted by atomic mass is 79.9. The third-order valence-corrected chi connectivity index (χ3v) is 7.73. The number of likely N-dealkylation sites (tertiary alicyclic amines) is 1. The fourth-order valence-electron chi connectivity index (χ4n) is 4.35. The third kappa shape index (κ3) is 4.98. The molecule has 1 amide bonds. The van der Waals surface area contributed by atoms with E-state index in [9.17, 15) is 4.79 Å². The molecule has 2 aromatic heterocycles. The highest BCUT2D eigenvalue weighted by Gasteiger charge is 2.28. The van der Waals surface area contributed by atoms with Gasteiger partial charge in [0.25, 0.3) is 0 Å². The number of halogens is 1. The summed E-state index contributed by atoms with van der Waals surface area (Å²) in [7, 11) is 0. The Labute approximate surface area is 184 Å². The first-order valence-corrected chi connectivity index (χ1v) is 12.1. The molecule has 29 heavy (non-hydrogen) atoms. The third-order valence-electron chi connectivity index (χ3n) is 6.08. The normalized spacial score (nSPS) is 20.9. The van der Waals surface area contributed by atoms with E-state index in [1.165, 1.54) is 19.4 Å². The number of nitrogens with zero attached hydrogens (tertiary/aromatic N) is 4. The number of hydrogen-bond donors (Lipinski definition) is 1. The predicted octanol–water partition coefficient (Wildman–Crippen LogP) is 3.78. The zero-order valence-corrected chi connectivity index (χ0v) is 19.2. The van der Waals surface area contributed by atoms with Gasteiger partial charge in [-0.15, -0.1) is 21.5 Å². The molecule has 0 aromatic carbocycles. The second-order valence-corrected chi connectivity index (χ2v) is 10.3. The predicted molar refractivity (Wildman–Crippen MR) is 121 cm³/mol. The van der Waals surface area contributed by atoms with Gasteiger partial charge in [0, 0.05) is 31.6 Å². The van der Waals surface area contributed by atoms with Gasteiger partial charge in [-0.05, 0) is 79.0 Å². The van der Waals surface area contributed by atoms with Crippen LogP contribution in [0.5, 0.6) is 0 Å². The van der Waals surface area contributed by atoms with E-state index in [1.54, 1.807) is 11.3 Å². The van der Waals surface area contributed by atoms with Crippen LogP contribution in [0.4, 0.5) is 5.82 Å². The van der Waals surface area contributed by atoms with Gasteiger partial charge in [-0.2, -0.15) is 0 Å². The molecule has 0 spiro atoms. The summed E-state index contributed by atoms with van der Waals surface area (Å²) < 4.78 is 1.09. The van der Waals surface area contributed by atoms with Crippen LogP contribution in [-0.2, 0) is 4.79 Å². The van der Waals surface area contributed by atoms with E-state index in [1.807, 2.05) is 24.3 Å². The monoisotopic (exact) mass is 477 g/mol. The number of nitrogens with one attached hydrogen (secondary N) is 1. The maximum absolute atomic E-state index is 12.6. The van der Waals surface area contributed by atoms with E-state index in [0.29, 0.717) is 6.04 Å². The Bertz CT molecular complexity index is 819. The lowest BCUT2D eigenvalue weighted by Crippen LogP contribution is -2.45. The highest BCUT2D eigenvalue weighted by Crippen LogP contribution is 2.30. The fraction of sp³-hybridized carbons (Fsp3) is 0.571. The molecule has 0 aliphatic carbocycles. The van der Waals surface area contributed by atoms with Crippen molar-refractivity contribution in [3.63, 3.8) is 0 Å². The summed E-state index contributed by atoms with van der Waals surface area (Å²) in [6.07, 6.45) is 4.19. The molecular formula is C21H28BrN5OS. The number of hydrogen-bond acceptors (Lipinski definition) is 6. The summed E-state index contributed by atoms with van der Waals surface area (Å²) in [6, 6.07) is 8.66. The number of amides is 1. The number of carbonyl (C=O) groups excluding carboxylic acids is 1. The maximum Gasteiger partial charge on any atom is 0.223 e. The van der Waals surface area contributed by atoms with Crippen molar-refractivity contribution in [2.75, 3.05) is 37.6 Å². The van der Waals surface area contributed by atoms with Crippen molar-refractivity contribution in [2.24, 2.45) is 5.92 Å². The van der Waals surface area contributed by atoms with Crippen molar-refractivity contribution in [3.05, 3.63) is 28.1 Å². The van der Waals surface area contributed by atoms with Crippen molar-refractivity contribution in [1.29, 1.82) is 0 Å². The lowest BCUT2D eigenvalue weighted by molar-refractivity contribution is -0.125. The Morgan fingerprint density at radius 3 is 2.66 bits per heavy atom. The molecule has 2 saturated heterocycles. The van der Waals surface area contributed by atoms with Crippen LogP contribution in [0.15, 0.2) is 28.1 Å². The van der Waals surface area contributed by atoms with E-state index in [0.717, 1.165) is 59.2 Å². The zero-order valence-electron chi connectivity index (χ0n) is 16.8. The quantitative estimate of drug-likeness (QED) is 0.685. The van der Waals surface area contributed by atoms with Gasteiger partial charge in [0.15, 0.2) is 5.82 Å². The molecule has 156 valence electrons. The van der Waals surface area contributed by atoms with Crippen LogP contribution in [0.1, 0.15) is 32.6 Å². The van der Waals surface area contributed by atoms with E-state index in [4.69, 9.17) is 0 Å². The molecule has 0 bridgehead atoms. The molecule has 2 aliphatic rings. The van der Waals surface area contributed by atoms with Gasteiger partial charge < -0.3 is 10.2 Å². The molecule has 2 aliphatic heterocycles. The second-order valence-electron chi connectivity index (χ2n) is 7.81. The van der Waals surface area contributed by atoms with Crippen LogP contribution in [0.3, 0.4) is 0 Å². The molecule has 1 N–H and O–H groups in total. The molecule has 2 aromatic rings. The molecule has 4 heterocycles. The van der Waals surface area contributed by atoms with E-state index >= 15 is 0 Å². The Kier molecular flexibility index (Phi) is 6.82. The van der Waals surface area contributed by atoms with Crippen LogP contribution in [0.25, 0.3) is 10.6 Å². The van der Waals surface area contributed by atoms with Crippen LogP contribution in [0.2, 0.25) is 0 Å². The molecule has 2 fully saturated rings. The number of thiophene rings is 1. The Morgan fingerprint density at radius 1 is 1.17 bits per heavy atom. The smallest absolute Gasteiger partial charge is 0.223 e. The first-order chi connectivity index (χ1) is 14.1. The van der Waals surface area contributed by atoms with Crippen LogP contribution in [0, 0.1) is 5.92 Å². The average Bonchev–Trinajstić information content (AvgIpc) is 3.41. The van der Waals surface area contributed by atoms with Crippen LogP contribution in [-0.4, -0.2) is 59.8 Å². The van der Waals surface area contributed by atoms with Crippen LogP contribution < -0.4 is 10.2 Å². The SMILES string of the molecule is CCN1CCC[C@@H]1CNC(=O)C1CCN(c2ccc(-c3ccc(Br)s3)nn2)CC1. The van der Waals surface area contributed by atoms with E-state index in [2.05, 4.69) is 48.2 Å². The number of rotatable bonds is 6. The lowest BCUT2D eigenvalue weighted by Gasteiger charge is -2.32. The number of aromatic nitrogens is 2. The number of carbonyl (C=O) groups is 1. The molecule has 0 saturated carbocycles. The van der Waals surface area contributed by atoms with Crippen molar-refractivity contribution < 1.29 is 4.79 Å². The average molecular weight is 478 g/mol. The molecule has 4 rings (SSSR count). The zero-order chi connectivity index (χ0) is 20.2. The first-order valence-electron chi connectivity index (χ1n) is 10.5. The second kappa shape index (κ2) is 9.53. The maximum atomic E-state index is 12.6. The Balaban J connectivity index is 1.26. The highest BCUT2D eigenvalue weighted by molar-refractivity contribution is 9.11. The van der Waals surface area contributed by atoms with Crippen LogP contribution >= 0.6 is 27.3 Å². The number of piperidine rings is 1. The number of anilines is 1. The van der Waals surface area contributed by atoms with Gasteiger partial charge in [0.05, 0.1) is 8.66 Å². The first kappa shape index (κ1) is 20.8. The van der Waals surface area contributed by atoms with Gasteiger partial charge >= 0.3 is 0 Å². The standard InChI is InChI=1S/C21H28BrN5OS/c1-2-26-11-3-4-16(26)14-23-21(28)15-9-12-27(13-10-15)20-8-5-17(24-25-20)18-6-7-19(22)29-18/h5-8,15-16H,2-4,9-14H2,1H3,(H,23,28)/t16-/m1/s1. The van der Waals surface area contributed by atoms with E-state index < -0.39 is 0 Å². The van der Waals surface area contributed by atoms with Gasteiger partial charge in [-0.25, -0.2) is 0 Å². The largest absolute Gasteiger partial charge is 0.355 e. The van der Waals surface area contributed by atoms with Crippen molar-refractivity contribution in [2.45, 2.75) is 38.6 Å². The number of likely N-dealkylation sites (N-methyl/N-ethyl adjacent to an activating group) is 1. The summed E-state index contributed by atoms with van der Waals surface area (Å²) >= 11 is 5.14. The fourth-order valence-corrected chi connectivity index (χ4v) is 5.70. The molecule has 6 nitrogen and oxygen atoms in total. The topological polar surface area (TPSA) is 61.4 Å². The van der Waals surface area contributed by atoms with Crippen molar-refractivity contribution in [1.82, 2.24) is 20.4 Å². The summed E-state index contributed by atoms with van der Waals surface area (Å²) in [5.41, 5.74) is 0.895. The minimum absolute atomic E-state index is 0.110. The van der Waals surface area contributed by atoms with Gasteiger partial charge in [0.2, 0.25) is 5.91 Å². The molecule has 0 radical (unpaired) electrons. The molecular weight excluding hydrogens is 450 g/mol. The van der Waals surface area contributed by atoms with Gasteiger partial charge in [0.1, 0.15) is 5.69 Å². The van der Waals surface area contributed by atoms with E-state index in [-0.39, 0.29) is 11.8 Å². The minimum atomic E-state index is 0.110. The van der Waals surface area contributed by atoms with Crippen molar-refractivity contribution >= 4 is 39.0 Å². The van der Waals surface area contributed by atoms with Gasteiger partial charge in [-0.1, -0.05) is 6.92 Å². The molecule has 8 heteroatoms.